The van der Waals surface area contributed by atoms with E-state index in [1.807, 2.05) is 0 Å². The van der Waals surface area contributed by atoms with Gasteiger partial charge in [-0.15, -0.1) is 0 Å². The van der Waals surface area contributed by atoms with Crippen LogP contribution in [0.15, 0.2) is 21.5 Å². The maximum Gasteiger partial charge on any atom is 0.102 e. The molecule has 0 spiro atoms. The molecule has 0 aromatic rings. The largest absolute Gasteiger partial charge is 0.178 e. The van der Waals surface area contributed by atoms with Gasteiger partial charge in [0.1, 0.15) is 5.54 Å². The van der Waals surface area contributed by atoms with E-state index in [1.54, 1.807) is 0 Å². The molecule has 1 heterocycles. The number of hydrogen-bond acceptors (Lipinski definition) is 2. The van der Waals surface area contributed by atoms with E-state index in [4.69, 9.17) is 0 Å². The molecule has 1 aliphatic heterocycles. The Morgan fingerprint density at radius 3 is 2.20 bits per heavy atom. The van der Waals surface area contributed by atoms with Crippen LogP contribution in [-0.2, 0) is 0 Å². The summed E-state index contributed by atoms with van der Waals surface area (Å²) >= 11 is 0. The molecule has 0 aromatic heterocycles. The second kappa shape index (κ2) is 5.43. The zero-order valence-electron chi connectivity index (χ0n) is 10.6. The predicted molar refractivity (Wildman–Crippen MR) is 65.0 cm³/mol. The van der Waals surface area contributed by atoms with Gasteiger partial charge in [-0.25, -0.2) is 0 Å². The molecule has 0 fully saturated rings. The molecule has 0 aliphatic carbocycles. The van der Waals surface area contributed by atoms with Crippen molar-refractivity contribution in [2.24, 2.45) is 10.2 Å². The Morgan fingerprint density at radius 1 is 1.00 bits per heavy atom. The summed E-state index contributed by atoms with van der Waals surface area (Å²) in [6.07, 6.45) is 6.95. The van der Waals surface area contributed by atoms with Crippen LogP contribution in [0.1, 0.15) is 66.2 Å². The van der Waals surface area contributed by atoms with Crippen molar-refractivity contribution in [3.63, 3.8) is 0 Å². The quantitative estimate of drug-likeness (QED) is 0.595. The summed E-state index contributed by atoms with van der Waals surface area (Å²) in [7, 11) is 0. The van der Waals surface area contributed by atoms with Gasteiger partial charge in [-0.1, -0.05) is 40.0 Å². The number of hydrogen-bond donors (Lipinski definition) is 0. The Labute approximate surface area is 93.9 Å². The van der Waals surface area contributed by atoms with E-state index in [0.717, 1.165) is 12.8 Å². The van der Waals surface area contributed by atoms with Crippen molar-refractivity contribution in [1.29, 1.82) is 0 Å². The van der Waals surface area contributed by atoms with E-state index in [2.05, 4.69) is 37.9 Å². The molecule has 0 bridgehead atoms. The van der Waals surface area contributed by atoms with Crippen LogP contribution < -0.4 is 0 Å². The van der Waals surface area contributed by atoms with Crippen LogP contribution in [0.25, 0.3) is 0 Å². The molecule has 0 amide bonds. The van der Waals surface area contributed by atoms with E-state index >= 15 is 0 Å². The lowest BCUT2D eigenvalue weighted by Gasteiger charge is -2.23. The summed E-state index contributed by atoms with van der Waals surface area (Å²) in [6.45, 7) is 8.92. The van der Waals surface area contributed by atoms with Gasteiger partial charge in [0.25, 0.3) is 0 Å². The van der Waals surface area contributed by atoms with E-state index < -0.39 is 0 Å². The van der Waals surface area contributed by atoms with E-state index in [9.17, 15) is 0 Å². The smallest absolute Gasteiger partial charge is 0.102 e. The van der Waals surface area contributed by atoms with Gasteiger partial charge in [0.05, 0.1) is 5.70 Å². The van der Waals surface area contributed by atoms with E-state index in [-0.39, 0.29) is 5.54 Å². The first kappa shape index (κ1) is 12.4. The highest BCUT2D eigenvalue weighted by atomic mass is 15.2. The fourth-order valence-corrected chi connectivity index (χ4v) is 2.39. The highest BCUT2D eigenvalue weighted by Gasteiger charge is 2.33. The third-order valence-electron chi connectivity index (χ3n) is 3.11. The summed E-state index contributed by atoms with van der Waals surface area (Å²) in [5.41, 5.74) is 2.80. The van der Waals surface area contributed by atoms with Crippen LogP contribution >= 0.6 is 0 Å². The molecule has 0 radical (unpaired) electrons. The molecule has 1 rings (SSSR count). The van der Waals surface area contributed by atoms with Gasteiger partial charge in [0, 0.05) is 0 Å². The molecule has 0 saturated heterocycles. The van der Waals surface area contributed by atoms with Gasteiger partial charge in [-0.3, -0.25) is 0 Å². The fraction of sp³-hybridized carbons (Fsp3) is 0.846. The molecule has 2 nitrogen and oxygen atoms in total. The first-order valence-corrected chi connectivity index (χ1v) is 6.33. The summed E-state index contributed by atoms with van der Waals surface area (Å²) in [5.74, 6) is 0. The lowest BCUT2D eigenvalue weighted by Crippen LogP contribution is -2.22. The zero-order chi connectivity index (χ0) is 11.3. The molecular weight excluding hydrogens is 184 g/mol. The fourth-order valence-electron chi connectivity index (χ4n) is 2.39. The minimum atomic E-state index is 0.0231. The average Bonchev–Trinajstić information content (AvgIpc) is 2.48. The molecule has 86 valence electrons. The Hall–Kier alpha value is -0.660. The molecule has 0 N–H and O–H groups in total. The van der Waals surface area contributed by atoms with Crippen molar-refractivity contribution < 1.29 is 0 Å². The van der Waals surface area contributed by atoms with Gasteiger partial charge in [0.2, 0.25) is 0 Å². The van der Waals surface area contributed by atoms with Gasteiger partial charge in [-0.05, 0) is 31.8 Å². The standard InChI is InChI=1S/C13H24N2/c1-5-8-11-12(9-6-2)14-15-13(11,4)10-7-3/h5-10H2,1-4H3. The second-order valence-corrected chi connectivity index (χ2v) is 4.65. The Bertz CT molecular complexity index is 266. The highest BCUT2D eigenvalue weighted by molar-refractivity contribution is 5.28. The Balaban J connectivity index is 2.87. The SMILES string of the molecule is CCCC1=C(CCC)C(C)(CCC)N=N1. The van der Waals surface area contributed by atoms with Crippen molar-refractivity contribution in [2.75, 3.05) is 0 Å². The van der Waals surface area contributed by atoms with Gasteiger partial charge in [-0.2, -0.15) is 10.2 Å². The monoisotopic (exact) mass is 208 g/mol. The summed E-state index contributed by atoms with van der Waals surface area (Å²) < 4.78 is 0. The average molecular weight is 208 g/mol. The third-order valence-corrected chi connectivity index (χ3v) is 3.11. The van der Waals surface area contributed by atoms with Crippen molar-refractivity contribution in [3.8, 4) is 0 Å². The third kappa shape index (κ3) is 2.67. The molecular formula is C13H24N2. The molecule has 15 heavy (non-hydrogen) atoms. The maximum atomic E-state index is 4.51. The van der Waals surface area contributed by atoms with Crippen LogP contribution in [0.3, 0.4) is 0 Å². The van der Waals surface area contributed by atoms with Crippen molar-refractivity contribution in [3.05, 3.63) is 11.3 Å². The number of azo groups is 1. The van der Waals surface area contributed by atoms with Crippen LogP contribution in [0.5, 0.6) is 0 Å². The summed E-state index contributed by atoms with van der Waals surface area (Å²) in [5, 5.41) is 8.91. The minimum Gasteiger partial charge on any atom is -0.178 e. The van der Waals surface area contributed by atoms with Crippen LogP contribution in [0.2, 0.25) is 0 Å². The first-order valence-electron chi connectivity index (χ1n) is 6.33. The van der Waals surface area contributed by atoms with Crippen LogP contribution in [0, 0.1) is 0 Å². The molecule has 0 saturated carbocycles. The van der Waals surface area contributed by atoms with E-state index in [0.29, 0.717) is 0 Å². The molecule has 0 aromatic carbocycles. The van der Waals surface area contributed by atoms with Gasteiger partial charge >= 0.3 is 0 Å². The molecule has 1 unspecified atom stereocenters. The van der Waals surface area contributed by atoms with Crippen LogP contribution in [0.4, 0.5) is 0 Å². The predicted octanol–water partition coefficient (Wildman–Crippen LogP) is 4.87. The molecule has 2 heteroatoms. The topological polar surface area (TPSA) is 24.7 Å². The lowest BCUT2D eigenvalue weighted by atomic mass is 9.84. The second-order valence-electron chi connectivity index (χ2n) is 4.65. The van der Waals surface area contributed by atoms with E-state index in [1.165, 1.54) is 37.0 Å². The van der Waals surface area contributed by atoms with Crippen LogP contribution in [-0.4, -0.2) is 5.54 Å². The Morgan fingerprint density at radius 2 is 1.67 bits per heavy atom. The van der Waals surface area contributed by atoms with Crippen molar-refractivity contribution >= 4 is 0 Å². The summed E-state index contributed by atoms with van der Waals surface area (Å²) in [6, 6.07) is 0. The van der Waals surface area contributed by atoms with Crippen molar-refractivity contribution in [1.82, 2.24) is 0 Å². The normalized spacial score (nSPS) is 25.3. The number of nitrogens with zero attached hydrogens (tertiary/aromatic N) is 2. The molecule has 1 atom stereocenters. The Kier molecular flexibility index (Phi) is 4.49. The number of rotatable bonds is 6. The van der Waals surface area contributed by atoms with Gasteiger partial charge in [0.15, 0.2) is 0 Å². The highest BCUT2D eigenvalue weighted by Crippen LogP contribution is 2.39. The van der Waals surface area contributed by atoms with Crippen molar-refractivity contribution in [2.45, 2.75) is 71.8 Å². The molecule has 1 aliphatic rings. The zero-order valence-corrected chi connectivity index (χ0v) is 10.6. The minimum absolute atomic E-state index is 0.0231. The lowest BCUT2D eigenvalue weighted by molar-refractivity contribution is 0.479. The van der Waals surface area contributed by atoms with Gasteiger partial charge < -0.3 is 0 Å². The summed E-state index contributed by atoms with van der Waals surface area (Å²) in [4.78, 5) is 0. The first-order chi connectivity index (χ1) is 7.18. The maximum absolute atomic E-state index is 4.51. The number of allylic oxidation sites excluding steroid dienone is 1.